The van der Waals surface area contributed by atoms with Crippen LogP contribution in [0.3, 0.4) is 0 Å². The lowest BCUT2D eigenvalue weighted by atomic mass is 10.1. The van der Waals surface area contributed by atoms with Crippen LogP contribution in [0.25, 0.3) is 0 Å². The lowest BCUT2D eigenvalue weighted by Crippen LogP contribution is -2.08. The fourth-order valence-electron chi connectivity index (χ4n) is 1.16. The molecular formula is C10H15NO2. The summed E-state index contributed by atoms with van der Waals surface area (Å²) >= 11 is 0. The first-order chi connectivity index (χ1) is 6.33. The van der Waals surface area contributed by atoms with Crippen LogP contribution in [0.2, 0.25) is 0 Å². The molecule has 1 aromatic rings. The summed E-state index contributed by atoms with van der Waals surface area (Å²) < 4.78 is 0. The number of hydroxylamine groups is 1. The fraction of sp³-hybridized carbons (Fsp3) is 0.400. The van der Waals surface area contributed by atoms with Crippen molar-refractivity contribution in [2.45, 2.75) is 12.8 Å². The van der Waals surface area contributed by atoms with Crippen molar-refractivity contribution in [3.63, 3.8) is 0 Å². The predicted molar refractivity (Wildman–Crippen MR) is 51.4 cm³/mol. The first-order valence-corrected chi connectivity index (χ1v) is 4.39. The Kier molecular flexibility index (Phi) is 4.29. The first-order valence-electron chi connectivity index (χ1n) is 4.39. The maximum absolute atomic E-state index is 9.17. The molecule has 0 radical (unpaired) electrons. The molecule has 13 heavy (non-hydrogen) atoms. The molecule has 72 valence electrons. The maximum atomic E-state index is 9.17. The van der Waals surface area contributed by atoms with Crippen molar-refractivity contribution in [2.75, 3.05) is 13.7 Å². The van der Waals surface area contributed by atoms with Crippen LogP contribution in [-0.4, -0.2) is 18.8 Å². The highest BCUT2D eigenvalue weighted by atomic mass is 16.6. The quantitative estimate of drug-likeness (QED) is 0.534. The molecule has 0 atom stereocenters. The summed E-state index contributed by atoms with van der Waals surface area (Å²) in [6.45, 7) is 0.687. The van der Waals surface area contributed by atoms with Gasteiger partial charge in [0, 0.05) is 7.05 Å². The lowest BCUT2D eigenvalue weighted by Gasteiger charge is -2.02. The zero-order chi connectivity index (χ0) is 9.52. The second-order valence-corrected chi connectivity index (χ2v) is 2.83. The van der Waals surface area contributed by atoms with E-state index in [9.17, 15) is 5.11 Å². The van der Waals surface area contributed by atoms with Gasteiger partial charge in [0.25, 0.3) is 0 Å². The van der Waals surface area contributed by atoms with E-state index in [4.69, 9.17) is 4.84 Å². The Morgan fingerprint density at radius 1 is 1.46 bits per heavy atom. The molecule has 0 aliphatic heterocycles. The van der Waals surface area contributed by atoms with E-state index in [2.05, 4.69) is 5.48 Å². The van der Waals surface area contributed by atoms with Gasteiger partial charge in [-0.3, -0.25) is 0 Å². The Morgan fingerprint density at radius 2 is 2.31 bits per heavy atom. The average molecular weight is 181 g/mol. The first kappa shape index (κ1) is 10.0. The summed E-state index contributed by atoms with van der Waals surface area (Å²) in [7, 11) is 1.74. The molecule has 0 heterocycles. The molecule has 1 rings (SSSR count). The van der Waals surface area contributed by atoms with Crippen molar-refractivity contribution < 1.29 is 9.94 Å². The van der Waals surface area contributed by atoms with Gasteiger partial charge >= 0.3 is 0 Å². The molecule has 0 bridgehead atoms. The van der Waals surface area contributed by atoms with Crippen molar-refractivity contribution >= 4 is 0 Å². The molecule has 0 aromatic heterocycles. The molecule has 2 N–H and O–H groups in total. The SMILES string of the molecule is CNOCCCc1cccc(O)c1. The Balaban J connectivity index is 2.28. The van der Waals surface area contributed by atoms with Crippen LogP contribution < -0.4 is 5.48 Å². The van der Waals surface area contributed by atoms with E-state index in [1.54, 1.807) is 19.2 Å². The van der Waals surface area contributed by atoms with E-state index in [-0.39, 0.29) is 0 Å². The standard InChI is InChI=1S/C10H15NO2/c1-11-13-7-3-5-9-4-2-6-10(12)8-9/h2,4,6,8,11-12H,3,5,7H2,1H3. The molecule has 3 nitrogen and oxygen atoms in total. The van der Waals surface area contributed by atoms with E-state index in [0.717, 1.165) is 18.4 Å². The topological polar surface area (TPSA) is 41.5 Å². The van der Waals surface area contributed by atoms with Gasteiger partial charge in [0.15, 0.2) is 0 Å². The van der Waals surface area contributed by atoms with E-state index in [1.807, 2.05) is 12.1 Å². The van der Waals surface area contributed by atoms with Crippen LogP contribution in [-0.2, 0) is 11.3 Å². The summed E-state index contributed by atoms with van der Waals surface area (Å²) in [6.07, 6.45) is 1.88. The third kappa shape index (κ3) is 3.92. The molecule has 0 saturated heterocycles. The molecule has 0 spiro atoms. The number of benzene rings is 1. The van der Waals surface area contributed by atoms with E-state index < -0.39 is 0 Å². The smallest absolute Gasteiger partial charge is 0.115 e. The normalized spacial score (nSPS) is 10.2. The lowest BCUT2D eigenvalue weighted by molar-refractivity contribution is 0.0564. The van der Waals surface area contributed by atoms with Crippen molar-refractivity contribution in [3.05, 3.63) is 29.8 Å². The largest absolute Gasteiger partial charge is 0.508 e. The van der Waals surface area contributed by atoms with Gasteiger partial charge in [-0.05, 0) is 30.5 Å². The van der Waals surface area contributed by atoms with Gasteiger partial charge in [-0.2, -0.15) is 0 Å². The summed E-state index contributed by atoms with van der Waals surface area (Å²) in [5.41, 5.74) is 3.75. The van der Waals surface area contributed by atoms with Crippen molar-refractivity contribution in [3.8, 4) is 5.75 Å². The molecular weight excluding hydrogens is 166 g/mol. The monoisotopic (exact) mass is 181 g/mol. The highest BCUT2D eigenvalue weighted by Crippen LogP contribution is 2.12. The molecule has 0 amide bonds. The van der Waals surface area contributed by atoms with Crippen LogP contribution in [0.15, 0.2) is 24.3 Å². The summed E-state index contributed by atoms with van der Waals surface area (Å²) in [5, 5.41) is 9.17. The number of hydrogen-bond donors (Lipinski definition) is 2. The van der Waals surface area contributed by atoms with Gasteiger partial charge in [0.1, 0.15) is 5.75 Å². The van der Waals surface area contributed by atoms with Crippen LogP contribution in [0.5, 0.6) is 5.75 Å². The molecule has 0 aliphatic carbocycles. The number of rotatable bonds is 5. The number of nitrogens with one attached hydrogen (secondary N) is 1. The number of aryl methyl sites for hydroxylation is 1. The molecule has 1 aromatic carbocycles. The van der Waals surface area contributed by atoms with Gasteiger partial charge in [-0.1, -0.05) is 12.1 Å². The second-order valence-electron chi connectivity index (χ2n) is 2.83. The Labute approximate surface area is 78.3 Å². The number of hydrogen-bond acceptors (Lipinski definition) is 3. The highest BCUT2D eigenvalue weighted by molar-refractivity contribution is 5.27. The van der Waals surface area contributed by atoms with E-state index >= 15 is 0 Å². The van der Waals surface area contributed by atoms with Gasteiger partial charge < -0.3 is 9.94 Å². The molecule has 0 unspecified atom stereocenters. The van der Waals surface area contributed by atoms with Gasteiger partial charge in [0.05, 0.1) is 6.61 Å². The minimum atomic E-state index is 0.326. The Hall–Kier alpha value is -1.06. The maximum Gasteiger partial charge on any atom is 0.115 e. The summed E-state index contributed by atoms with van der Waals surface area (Å²) in [6, 6.07) is 7.30. The second kappa shape index (κ2) is 5.56. The minimum Gasteiger partial charge on any atom is -0.508 e. The minimum absolute atomic E-state index is 0.326. The summed E-state index contributed by atoms with van der Waals surface area (Å²) in [4.78, 5) is 4.97. The van der Waals surface area contributed by atoms with Gasteiger partial charge in [-0.25, -0.2) is 5.48 Å². The average Bonchev–Trinajstić information content (AvgIpc) is 2.13. The number of aromatic hydroxyl groups is 1. The highest BCUT2D eigenvalue weighted by Gasteiger charge is 1.94. The van der Waals surface area contributed by atoms with Crippen LogP contribution in [0.4, 0.5) is 0 Å². The van der Waals surface area contributed by atoms with Crippen molar-refractivity contribution in [2.24, 2.45) is 0 Å². The van der Waals surface area contributed by atoms with Gasteiger partial charge in [0.2, 0.25) is 0 Å². The zero-order valence-corrected chi connectivity index (χ0v) is 7.79. The van der Waals surface area contributed by atoms with Crippen LogP contribution >= 0.6 is 0 Å². The third-order valence-corrected chi connectivity index (χ3v) is 1.77. The molecule has 3 heteroatoms. The molecule has 0 aliphatic rings. The Morgan fingerprint density at radius 3 is 3.00 bits per heavy atom. The van der Waals surface area contributed by atoms with Crippen molar-refractivity contribution in [1.29, 1.82) is 0 Å². The van der Waals surface area contributed by atoms with E-state index in [0.29, 0.717) is 12.4 Å². The van der Waals surface area contributed by atoms with E-state index in [1.165, 1.54) is 0 Å². The zero-order valence-electron chi connectivity index (χ0n) is 7.79. The fourth-order valence-corrected chi connectivity index (χ4v) is 1.16. The van der Waals surface area contributed by atoms with Crippen LogP contribution in [0.1, 0.15) is 12.0 Å². The van der Waals surface area contributed by atoms with Gasteiger partial charge in [-0.15, -0.1) is 0 Å². The van der Waals surface area contributed by atoms with Crippen molar-refractivity contribution in [1.82, 2.24) is 5.48 Å². The molecule has 0 fully saturated rings. The number of phenolic OH excluding ortho intramolecular Hbond substituents is 1. The third-order valence-electron chi connectivity index (χ3n) is 1.77. The number of phenols is 1. The van der Waals surface area contributed by atoms with Crippen LogP contribution in [0, 0.1) is 0 Å². The molecule has 0 saturated carbocycles. The Bertz CT molecular complexity index is 250. The predicted octanol–water partition coefficient (Wildman–Crippen LogP) is 1.48. The summed E-state index contributed by atoms with van der Waals surface area (Å²) in [5.74, 6) is 0.326.